The van der Waals surface area contributed by atoms with E-state index in [1.54, 1.807) is 43.5 Å². The first-order chi connectivity index (χ1) is 17.3. The van der Waals surface area contributed by atoms with Crippen molar-refractivity contribution < 1.29 is 24.0 Å². The molecule has 0 saturated carbocycles. The van der Waals surface area contributed by atoms with Crippen LogP contribution in [-0.4, -0.2) is 40.0 Å². The van der Waals surface area contributed by atoms with Gasteiger partial charge < -0.3 is 15.2 Å². The van der Waals surface area contributed by atoms with E-state index in [0.717, 1.165) is 16.8 Å². The van der Waals surface area contributed by atoms with Crippen LogP contribution in [0.2, 0.25) is 0 Å². The largest absolute Gasteiger partial charge is 0.461 e. The molecule has 10 nitrogen and oxygen atoms in total. The molecule has 0 unspecified atom stereocenters. The molecule has 186 valence electrons. The van der Waals surface area contributed by atoms with Gasteiger partial charge in [0.1, 0.15) is 0 Å². The van der Waals surface area contributed by atoms with Crippen LogP contribution in [0, 0.1) is 10.1 Å². The summed E-state index contributed by atoms with van der Waals surface area (Å²) in [6.07, 6.45) is 0. The first-order valence-corrected chi connectivity index (χ1v) is 12.4. The lowest BCUT2D eigenvalue weighted by molar-refractivity contribution is -0.384. The fourth-order valence-electron chi connectivity index (χ4n) is 2.79. The molecule has 0 spiro atoms. The Hall–Kier alpha value is -4.16. The number of ether oxygens (including phenoxy) is 2. The van der Waals surface area contributed by atoms with E-state index in [9.17, 15) is 19.7 Å². The molecule has 4 aromatic rings. The van der Waals surface area contributed by atoms with Gasteiger partial charge in [-0.3, -0.25) is 10.1 Å². The highest BCUT2D eigenvalue weighted by Crippen LogP contribution is 2.25. The van der Waals surface area contributed by atoms with Gasteiger partial charge in [0.15, 0.2) is 0 Å². The number of anilines is 1. The lowest BCUT2D eigenvalue weighted by atomic mass is 10.1. The van der Waals surface area contributed by atoms with Gasteiger partial charge in [0.25, 0.3) is 5.69 Å². The van der Waals surface area contributed by atoms with Crippen molar-refractivity contribution in [2.24, 2.45) is 0 Å². The van der Waals surface area contributed by atoms with Crippen molar-refractivity contribution >= 4 is 46.0 Å². The fraction of sp³-hybridized carbons (Fsp3) is 0.167. The highest BCUT2D eigenvalue weighted by molar-refractivity contribution is 7.12. The second-order valence-electron chi connectivity index (χ2n) is 6.94. The van der Waals surface area contributed by atoms with Crippen LogP contribution in [-0.2, 0) is 9.47 Å². The summed E-state index contributed by atoms with van der Waals surface area (Å²) in [7, 11) is 0. The van der Waals surface area contributed by atoms with E-state index in [4.69, 9.17) is 15.2 Å². The molecular weight excluding hydrogens is 504 g/mol. The monoisotopic (exact) mass is 526 g/mol. The first-order valence-electron chi connectivity index (χ1n) is 10.7. The molecule has 0 atom stereocenters. The van der Waals surface area contributed by atoms with Gasteiger partial charge in [-0.25, -0.2) is 19.6 Å². The smallest absolute Gasteiger partial charge is 0.367 e. The van der Waals surface area contributed by atoms with Gasteiger partial charge in [0.05, 0.1) is 29.5 Å². The maximum atomic E-state index is 11.5. The van der Waals surface area contributed by atoms with Crippen molar-refractivity contribution in [1.29, 1.82) is 0 Å². The standard InChI is InChI=1S/C12H10N2O4S.C12H12N2O2S/c1-2-18-12(15)11-13-10(7-19-11)8-3-5-9(6-4-8)14(16)17;1-2-16-12(15)11-14-10(7-17-11)8-3-5-9(13)6-4-8/h3-7H,2H2,1H3;3-7H,2,13H2,1H3. The average Bonchev–Trinajstić information content (AvgIpc) is 3.56. The molecule has 2 N–H and O–H groups in total. The Bertz CT molecular complexity index is 1330. The van der Waals surface area contributed by atoms with E-state index in [0.29, 0.717) is 29.6 Å². The summed E-state index contributed by atoms with van der Waals surface area (Å²) < 4.78 is 9.73. The Morgan fingerprint density at radius 2 is 1.25 bits per heavy atom. The number of nitrogens with zero attached hydrogens (tertiary/aromatic N) is 3. The average molecular weight is 527 g/mol. The Morgan fingerprint density at radius 1 is 0.833 bits per heavy atom. The normalized spacial score (nSPS) is 10.2. The summed E-state index contributed by atoms with van der Waals surface area (Å²) in [5.41, 5.74) is 9.35. The number of aromatic nitrogens is 2. The summed E-state index contributed by atoms with van der Waals surface area (Å²) in [6, 6.07) is 13.4. The van der Waals surface area contributed by atoms with E-state index in [1.807, 2.05) is 17.5 Å². The third-order valence-corrected chi connectivity index (χ3v) is 6.13. The first kappa shape index (κ1) is 26.4. The Labute approximate surface area is 214 Å². The number of hydrogen-bond donors (Lipinski definition) is 1. The highest BCUT2D eigenvalue weighted by Gasteiger charge is 2.14. The number of benzene rings is 2. The summed E-state index contributed by atoms with van der Waals surface area (Å²) in [4.78, 5) is 41.4. The van der Waals surface area contributed by atoms with Crippen LogP contribution >= 0.6 is 22.7 Å². The molecule has 36 heavy (non-hydrogen) atoms. The molecule has 0 aliphatic heterocycles. The minimum absolute atomic E-state index is 0.0181. The minimum atomic E-state index is -0.463. The van der Waals surface area contributed by atoms with E-state index in [-0.39, 0.29) is 16.7 Å². The lowest BCUT2D eigenvalue weighted by Gasteiger charge is -1.98. The van der Waals surface area contributed by atoms with Crippen molar-refractivity contribution in [3.05, 3.63) is 79.4 Å². The third-order valence-electron chi connectivity index (χ3n) is 4.49. The predicted octanol–water partition coefficient (Wildman–Crippen LogP) is 5.46. The number of thiazole rings is 2. The predicted molar refractivity (Wildman–Crippen MR) is 138 cm³/mol. The molecule has 0 radical (unpaired) electrons. The molecule has 0 aliphatic carbocycles. The van der Waals surface area contributed by atoms with E-state index < -0.39 is 10.9 Å². The van der Waals surface area contributed by atoms with Gasteiger partial charge >= 0.3 is 11.9 Å². The SMILES string of the molecule is CCOC(=O)c1nc(-c2ccc(N)cc2)cs1.CCOC(=O)c1nc(-c2ccc([N+](=O)[O-])cc2)cs1. The maximum Gasteiger partial charge on any atom is 0.367 e. The molecule has 0 saturated heterocycles. The van der Waals surface area contributed by atoms with Crippen molar-refractivity contribution in [3.63, 3.8) is 0 Å². The van der Waals surface area contributed by atoms with E-state index in [1.165, 1.54) is 34.8 Å². The van der Waals surface area contributed by atoms with Gasteiger partial charge in [0.2, 0.25) is 10.0 Å². The van der Waals surface area contributed by atoms with Crippen LogP contribution in [0.1, 0.15) is 33.5 Å². The molecule has 0 bridgehead atoms. The molecule has 0 fully saturated rings. The van der Waals surface area contributed by atoms with Crippen LogP contribution in [0.4, 0.5) is 11.4 Å². The summed E-state index contributed by atoms with van der Waals surface area (Å²) in [6.45, 7) is 4.15. The number of nitro benzene ring substituents is 1. The van der Waals surface area contributed by atoms with E-state index >= 15 is 0 Å². The van der Waals surface area contributed by atoms with E-state index in [2.05, 4.69) is 9.97 Å². The molecule has 0 aliphatic rings. The number of carbonyl (C=O) groups excluding carboxylic acids is 2. The molecule has 4 rings (SSSR count). The van der Waals surface area contributed by atoms with Crippen LogP contribution in [0.5, 0.6) is 0 Å². The summed E-state index contributed by atoms with van der Waals surface area (Å²) in [5.74, 6) is -0.833. The molecular formula is C24H22N4O6S2. The minimum Gasteiger partial charge on any atom is -0.461 e. The molecule has 12 heteroatoms. The quantitative estimate of drug-likeness (QED) is 0.143. The highest BCUT2D eigenvalue weighted by atomic mass is 32.1. The topological polar surface area (TPSA) is 148 Å². The Kier molecular flexibility index (Phi) is 9.19. The van der Waals surface area contributed by atoms with Crippen molar-refractivity contribution in [2.75, 3.05) is 18.9 Å². The van der Waals surface area contributed by atoms with Crippen LogP contribution in [0.15, 0.2) is 59.3 Å². The number of hydrogen-bond acceptors (Lipinski definition) is 11. The molecule has 2 aromatic carbocycles. The number of nitrogen functional groups attached to an aromatic ring is 1. The van der Waals surface area contributed by atoms with Crippen molar-refractivity contribution in [1.82, 2.24) is 9.97 Å². The molecule has 0 amide bonds. The maximum absolute atomic E-state index is 11.5. The Balaban J connectivity index is 0.000000202. The second kappa shape index (κ2) is 12.5. The van der Waals surface area contributed by atoms with Gasteiger partial charge in [-0.1, -0.05) is 12.1 Å². The molecule has 2 aromatic heterocycles. The number of non-ortho nitro benzene ring substituents is 1. The lowest BCUT2D eigenvalue weighted by Crippen LogP contribution is -2.03. The van der Waals surface area contributed by atoms with Gasteiger partial charge in [0, 0.05) is 39.7 Å². The number of rotatable bonds is 7. The van der Waals surface area contributed by atoms with Gasteiger partial charge in [-0.15, -0.1) is 22.7 Å². The second-order valence-corrected chi connectivity index (χ2v) is 8.66. The number of nitrogens with two attached hydrogens (primary N) is 1. The summed E-state index contributed by atoms with van der Waals surface area (Å²) >= 11 is 2.46. The Morgan fingerprint density at radius 3 is 1.64 bits per heavy atom. The van der Waals surface area contributed by atoms with Gasteiger partial charge in [-0.05, 0) is 38.1 Å². The zero-order valence-electron chi connectivity index (χ0n) is 19.4. The van der Waals surface area contributed by atoms with Crippen LogP contribution < -0.4 is 5.73 Å². The zero-order valence-corrected chi connectivity index (χ0v) is 21.0. The van der Waals surface area contributed by atoms with Crippen LogP contribution in [0.3, 0.4) is 0 Å². The van der Waals surface area contributed by atoms with Crippen molar-refractivity contribution in [3.8, 4) is 22.5 Å². The van der Waals surface area contributed by atoms with Crippen molar-refractivity contribution in [2.45, 2.75) is 13.8 Å². The fourth-order valence-corrected chi connectivity index (χ4v) is 4.23. The number of nitro groups is 1. The molecule has 2 heterocycles. The number of carbonyl (C=O) groups is 2. The number of esters is 2. The van der Waals surface area contributed by atoms with Gasteiger partial charge in [-0.2, -0.15) is 0 Å². The third kappa shape index (κ3) is 6.93. The zero-order chi connectivity index (χ0) is 26.1. The summed E-state index contributed by atoms with van der Waals surface area (Å²) in [5, 5.41) is 14.7. The van der Waals surface area contributed by atoms with Crippen LogP contribution in [0.25, 0.3) is 22.5 Å².